The van der Waals surface area contributed by atoms with Gasteiger partial charge in [0.2, 0.25) is 0 Å². The van der Waals surface area contributed by atoms with Gasteiger partial charge in [-0.2, -0.15) is 0 Å². The summed E-state index contributed by atoms with van der Waals surface area (Å²) in [7, 11) is 0. The van der Waals surface area contributed by atoms with Gasteiger partial charge in [0, 0.05) is 32.0 Å². The number of hydrogen-bond donors (Lipinski definition) is 1. The SMILES string of the molecule is CCOCCCC1(N)CCOCC1. The van der Waals surface area contributed by atoms with E-state index in [1.54, 1.807) is 0 Å². The zero-order valence-electron chi connectivity index (χ0n) is 8.55. The molecule has 1 saturated heterocycles. The third kappa shape index (κ3) is 4.07. The van der Waals surface area contributed by atoms with E-state index < -0.39 is 0 Å². The molecule has 1 aliphatic rings. The van der Waals surface area contributed by atoms with Crippen LogP contribution in [0, 0.1) is 0 Å². The van der Waals surface area contributed by atoms with Crippen LogP contribution in [0.3, 0.4) is 0 Å². The van der Waals surface area contributed by atoms with Crippen molar-refractivity contribution in [2.45, 2.75) is 38.1 Å². The summed E-state index contributed by atoms with van der Waals surface area (Å²) in [4.78, 5) is 0. The molecule has 0 aromatic heterocycles. The molecule has 1 heterocycles. The third-order valence-corrected chi connectivity index (χ3v) is 2.66. The maximum atomic E-state index is 6.21. The van der Waals surface area contributed by atoms with Gasteiger partial charge in [0.1, 0.15) is 0 Å². The average molecular weight is 187 g/mol. The quantitative estimate of drug-likeness (QED) is 0.660. The van der Waals surface area contributed by atoms with Crippen LogP contribution in [0.1, 0.15) is 32.6 Å². The second-order valence-electron chi connectivity index (χ2n) is 3.78. The molecular formula is C10H21NO2. The molecule has 78 valence electrons. The van der Waals surface area contributed by atoms with E-state index in [-0.39, 0.29) is 5.54 Å². The average Bonchev–Trinajstić information content (AvgIpc) is 2.14. The van der Waals surface area contributed by atoms with Gasteiger partial charge < -0.3 is 15.2 Å². The van der Waals surface area contributed by atoms with Crippen molar-refractivity contribution in [3.05, 3.63) is 0 Å². The van der Waals surface area contributed by atoms with Crippen molar-refractivity contribution in [1.82, 2.24) is 0 Å². The summed E-state index contributed by atoms with van der Waals surface area (Å²) in [5, 5.41) is 0. The lowest BCUT2D eigenvalue weighted by Gasteiger charge is -2.33. The lowest BCUT2D eigenvalue weighted by Crippen LogP contribution is -2.45. The molecule has 0 aromatic rings. The van der Waals surface area contributed by atoms with Gasteiger partial charge in [-0.15, -0.1) is 0 Å². The van der Waals surface area contributed by atoms with Crippen LogP contribution in [-0.2, 0) is 9.47 Å². The fourth-order valence-electron chi connectivity index (χ4n) is 1.70. The standard InChI is InChI=1S/C10H21NO2/c1-2-12-7-3-4-10(11)5-8-13-9-6-10/h2-9,11H2,1H3. The second-order valence-corrected chi connectivity index (χ2v) is 3.78. The minimum Gasteiger partial charge on any atom is -0.382 e. The van der Waals surface area contributed by atoms with E-state index in [0.29, 0.717) is 0 Å². The highest BCUT2D eigenvalue weighted by Gasteiger charge is 2.26. The van der Waals surface area contributed by atoms with Crippen LogP contribution in [0.15, 0.2) is 0 Å². The van der Waals surface area contributed by atoms with Gasteiger partial charge >= 0.3 is 0 Å². The molecule has 0 saturated carbocycles. The van der Waals surface area contributed by atoms with Crippen molar-refractivity contribution in [2.75, 3.05) is 26.4 Å². The van der Waals surface area contributed by atoms with Gasteiger partial charge in [-0.25, -0.2) is 0 Å². The van der Waals surface area contributed by atoms with Gasteiger partial charge in [0.05, 0.1) is 0 Å². The molecule has 13 heavy (non-hydrogen) atoms. The van der Waals surface area contributed by atoms with Gasteiger partial charge in [-0.1, -0.05) is 0 Å². The Morgan fingerprint density at radius 2 is 2.08 bits per heavy atom. The fourth-order valence-corrected chi connectivity index (χ4v) is 1.70. The highest BCUT2D eigenvalue weighted by Crippen LogP contribution is 2.22. The van der Waals surface area contributed by atoms with Crippen LogP contribution in [-0.4, -0.2) is 32.0 Å². The molecule has 3 heteroatoms. The van der Waals surface area contributed by atoms with E-state index in [0.717, 1.165) is 52.1 Å². The van der Waals surface area contributed by atoms with E-state index in [4.69, 9.17) is 15.2 Å². The number of nitrogens with two attached hydrogens (primary N) is 1. The van der Waals surface area contributed by atoms with Crippen molar-refractivity contribution < 1.29 is 9.47 Å². The molecule has 0 atom stereocenters. The third-order valence-electron chi connectivity index (χ3n) is 2.66. The van der Waals surface area contributed by atoms with E-state index in [2.05, 4.69) is 0 Å². The minimum absolute atomic E-state index is 0.0232. The Labute approximate surface area is 80.6 Å². The Bertz CT molecular complexity index is 133. The molecule has 0 unspecified atom stereocenters. The van der Waals surface area contributed by atoms with Crippen LogP contribution in [0.4, 0.5) is 0 Å². The highest BCUT2D eigenvalue weighted by molar-refractivity contribution is 4.85. The monoisotopic (exact) mass is 187 g/mol. The van der Waals surface area contributed by atoms with Gasteiger partial charge in [-0.3, -0.25) is 0 Å². The van der Waals surface area contributed by atoms with Crippen LogP contribution in [0.25, 0.3) is 0 Å². The first-order chi connectivity index (χ1) is 6.27. The summed E-state index contributed by atoms with van der Waals surface area (Å²) in [5.74, 6) is 0. The first kappa shape index (κ1) is 11.0. The van der Waals surface area contributed by atoms with Crippen LogP contribution >= 0.6 is 0 Å². The molecule has 0 amide bonds. The van der Waals surface area contributed by atoms with Crippen molar-refractivity contribution in [3.8, 4) is 0 Å². The van der Waals surface area contributed by atoms with Crippen LogP contribution < -0.4 is 5.73 Å². The summed E-state index contributed by atoms with van der Waals surface area (Å²) < 4.78 is 10.6. The molecule has 2 N–H and O–H groups in total. The van der Waals surface area contributed by atoms with Crippen LogP contribution in [0.5, 0.6) is 0 Å². The maximum absolute atomic E-state index is 6.21. The second kappa shape index (κ2) is 5.58. The predicted molar refractivity (Wildman–Crippen MR) is 52.7 cm³/mol. The van der Waals surface area contributed by atoms with Gasteiger partial charge in [0.15, 0.2) is 0 Å². The molecule has 0 spiro atoms. The highest BCUT2D eigenvalue weighted by atomic mass is 16.5. The molecule has 1 rings (SSSR count). The van der Waals surface area contributed by atoms with E-state index in [1.807, 2.05) is 6.92 Å². The molecule has 0 radical (unpaired) electrons. The Hall–Kier alpha value is -0.120. The molecule has 1 fully saturated rings. The Morgan fingerprint density at radius 1 is 1.38 bits per heavy atom. The lowest BCUT2D eigenvalue weighted by molar-refractivity contribution is 0.0449. The largest absolute Gasteiger partial charge is 0.382 e. The summed E-state index contributed by atoms with van der Waals surface area (Å²) in [6.45, 7) is 5.32. The zero-order chi connectivity index (χ0) is 9.57. The first-order valence-corrected chi connectivity index (χ1v) is 5.21. The Balaban J connectivity index is 2.10. The fraction of sp³-hybridized carbons (Fsp3) is 1.00. The molecule has 3 nitrogen and oxygen atoms in total. The molecule has 0 aromatic carbocycles. The maximum Gasteiger partial charge on any atom is 0.0483 e. The molecule has 0 aliphatic carbocycles. The lowest BCUT2D eigenvalue weighted by atomic mass is 9.87. The molecule has 0 bridgehead atoms. The summed E-state index contributed by atoms with van der Waals surface area (Å²) >= 11 is 0. The minimum atomic E-state index is 0.0232. The number of ether oxygens (including phenoxy) is 2. The summed E-state index contributed by atoms with van der Waals surface area (Å²) in [6.07, 6.45) is 4.14. The van der Waals surface area contributed by atoms with Gasteiger partial charge in [0.25, 0.3) is 0 Å². The van der Waals surface area contributed by atoms with Crippen molar-refractivity contribution in [1.29, 1.82) is 0 Å². The van der Waals surface area contributed by atoms with E-state index in [1.165, 1.54) is 0 Å². The molecular weight excluding hydrogens is 166 g/mol. The normalized spacial score (nSPS) is 21.7. The zero-order valence-corrected chi connectivity index (χ0v) is 8.55. The van der Waals surface area contributed by atoms with E-state index >= 15 is 0 Å². The van der Waals surface area contributed by atoms with E-state index in [9.17, 15) is 0 Å². The summed E-state index contributed by atoms with van der Waals surface area (Å²) in [5.41, 5.74) is 6.23. The van der Waals surface area contributed by atoms with Crippen LogP contribution in [0.2, 0.25) is 0 Å². The Morgan fingerprint density at radius 3 is 2.69 bits per heavy atom. The summed E-state index contributed by atoms with van der Waals surface area (Å²) in [6, 6.07) is 0. The predicted octanol–water partition coefficient (Wildman–Crippen LogP) is 1.31. The molecule has 1 aliphatic heterocycles. The smallest absolute Gasteiger partial charge is 0.0483 e. The Kier molecular flexibility index (Phi) is 4.70. The first-order valence-electron chi connectivity index (χ1n) is 5.21. The van der Waals surface area contributed by atoms with Gasteiger partial charge in [-0.05, 0) is 32.6 Å². The topological polar surface area (TPSA) is 44.5 Å². The van der Waals surface area contributed by atoms with Crippen molar-refractivity contribution in [2.24, 2.45) is 5.73 Å². The number of rotatable bonds is 5. The van der Waals surface area contributed by atoms with Crippen molar-refractivity contribution in [3.63, 3.8) is 0 Å². The van der Waals surface area contributed by atoms with Crippen molar-refractivity contribution >= 4 is 0 Å². The number of hydrogen-bond acceptors (Lipinski definition) is 3.